The molecule has 0 nitrogen and oxygen atoms in total. The van der Waals surface area contributed by atoms with Crippen molar-refractivity contribution in [2.24, 2.45) is 35.5 Å². The highest BCUT2D eigenvalue weighted by atomic mass is 14.3. The van der Waals surface area contributed by atoms with E-state index < -0.39 is 0 Å². The molecule has 0 N–H and O–H groups in total. The molecular weight excluding hydrogens is 456 g/mol. The van der Waals surface area contributed by atoms with Crippen molar-refractivity contribution in [1.82, 2.24) is 0 Å². The van der Waals surface area contributed by atoms with Crippen LogP contribution < -0.4 is 0 Å². The van der Waals surface area contributed by atoms with Crippen LogP contribution in [0.25, 0.3) is 10.8 Å². The average molecular weight is 525 g/mol. The third kappa shape index (κ3) is 13.0. The highest BCUT2D eigenvalue weighted by Crippen LogP contribution is 2.35. The Balaban J connectivity index is 0. The van der Waals surface area contributed by atoms with Crippen molar-refractivity contribution in [3.8, 4) is 0 Å². The summed E-state index contributed by atoms with van der Waals surface area (Å²) >= 11 is 0. The van der Waals surface area contributed by atoms with Crippen LogP contribution in [0.2, 0.25) is 0 Å². The molecule has 0 heterocycles. The van der Waals surface area contributed by atoms with Gasteiger partial charge in [0.05, 0.1) is 0 Å². The summed E-state index contributed by atoms with van der Waals surface area (Å²) in [6.07, 6.45) is 12.9. The number of hydrogen-bond donors (Lipinski definition) is 0. The maximum atomic E-state index is 2.35. The largest absolute Gasteiger partial charge is 0.0876 e. The lowest BCUT2D eigenvalue weighted by atomic mass is 9.77. The van der Waals surface area contributed by atoms with Crippen LogP contribution in [0.15, 0.2) is 48.6 Å². The van der Waals surface area contributed by atoms with E-state index in [0.29, 0.717) is 0 Å². The number of hydrogen-bond acceptors (Lipinski definition) is 0. The minimum absolute atomic E-state index is 0.781. The van der Waals surface area contributed by atoms with Crippen molar-refractivity contribution < 1.29 is 0 Å². The van der Waals surface area contributed by atoms with Gasteiger partial charge in [-0.25, -0.2) is 0 Å². The first-order valence-electron chi connectivity index (χ1n) is 16.5. The smallest absolute Gasteiger partial charge is 0.0120 e. The van der Waals surface area contributed by atoms with Gasteiger partial charge in [0, 0.05) is 0 Å². The zero-order valence-corrected chi connectivity index (χ0v) is 28.3. The molecule has 3 aliphatic carbocycles. The molecule has 0 saturated heterocycles. The second-order valence-electron chi connectivity index (χ2n) is 10.9. The Kier molecular flexibility index (Phi) is 23.7. The number of benzene rings is 2. The van der Waals surface area contributed by atoms with Crippen LogP contribution in [0.5, 0.6) is 0 Å². The lowest BCUT2D eigenvalue weighted by Crippen LogP contribution is -2.19. The van der Waals surface area contributed by atoms with Gasteiger partial charge in [-0.1, -0.05) is 165 Å². The molecular formula is C38H68. The Morgan fingerprint density at radius 2 is 1.00 bits per heavy atom. The molecule has 0 spiro atoms. The Bertz CT molecular complexity index is 778. The van der Waals surface area contributed by atoms with E-state index in [1.54, 1.807) is 11.1 Å². The minimum Gasteiger partial charge on any atom is -0.0876 e. The predicted molar refractivity (Wildman–Crippen MR) is 179 cm³/mol. The fraction of sp³-hybridized carbons (Fsp3) is 0.684. The molecule has 1 saturated carbocycles. The Labute approximate surface area is 241 Å². The Morgan fingerprint density at radius 1 is 0.579 bits per heavy atom. The van der Waals surface area contributed by atoms with E-state index in [2.05, 4.69) is 90.1 Å². The lowest BCUT2D eigenvalue weighted by Gasteiger charge is -2.28. The molecule has 0 amide bonds. The second-order valence-corrected chi connectivity index (χ2v) is 10.9. The molecule has 3 aliphatic rings. The summed E-state index contributed by atoms with van der Waals surface area (Å²) in [6.45, 7) is 29.9. The topological polar surface area (TPSA) is 0 Å². The molecule has 0 radical (unpaired) electrons. The van der Waals surface area contributed by atoms with Crippen LogP contribution in [-0.2, 0) is 12.8 Å². The van der Waals surface area contributed by atoms with E-state index in [0.717, 1.165) is 35.5 Å². The first-order chi connectivity index (χ1) is 18.4. The molecule has 2 aromatic carbocycles. The predicted octanol–water partition coefficient (Wildman–Crippen LogP) is 13.0. The van der Waals surface area contributed by atoms with Crippen molar-refractivity contribution in [3.05, 3.63) is 59.7 Å². The van der Waals surface area contributed by atoms with Crippen molar-refractivity contribution >= 4 is 10.8 Å². The first kappa shape index (κ1) is 38.6. The van der Waals surface area contributed by atoms with Crippen molar-refractivity contribution in [1.29, 1.82) is 0 Å². The number of rotatable bonds is 3. The van der Waals surface area contributed by atoms with E-state index in [1.165, 1.54) is 49.3 Å². The normalized spacial score (nSPS) is 16.7. The van der Waals surface area contributed by atoms with Crippen LogP contribution in [0.1, 0.15) is 134 Å². The molecule has 5 rings (SSSR count). The standard InChI is InChI=1S/C16H18.C7H14.C7H12.4C2H6/c1-11(2)15-9-13-7-3-5-12-6-4-8-14(10-15)16(12)13;2*1-6(2)7-4-3-5-7;4*1-2/h3-8,11,15H,9-10H2,1-2H3;6-7H,3-5H2,1-2H3;3-4,6-7H,5H2,1-2H3;4*1-2H3. The third-order valence-electron chi connectivity index (χ3n) is 7.72. The van der Waals surface area contributed by atoms with Crippen LogP contribution in [0, 0.1) is 35.5 Å². The van der Waals surface area contributed by atoms with Crippen LogP contribution in [-0.4, -0.2) is 0 Å². The zero-order valence-electron chi connectivity index (χ0n) is 28.3. The van der Waals surface area contributed by atoms with Gasteiger partial charge in [-0.15, -0.1) is 0 Å². The molecule has 0 aliphatic heterocycles. The average Bonchev–Trinajstić information content (AvgIpc) is 2.87. The molecule has 0 aromatic heterocycles. The maximum Gasteiger partial charge on any atom is -0.0120 e. The summed E-state index contributed by atoms with van der Waals surface area (Å²) in [5.74, 6) is 5.41. The fourth-order valence-corrected chi connectivity index (χ4v) is 4.84. The van der Waals surface area contributed by atoms with Crippen molar-refractivity contribution in [3.63, 3.8) is 0 Å². The lowest BCUT2D eigenvalue weighted by molar-refractivity contribution is 0.235. The summed E-state index contributed by atoms with van der Waals surface area (Å²) < 4.78 is 0. The highest BCUT2D eigenvalue weighted by molar-refractivity contribution is 5.89. The highest BCUT2D eigenvalue weighted by Gasteiger charge is 2.22. The number of allylic oxidation sites excluding steroid dienone is 2. The monoisotopic (exact) mass is 525 g/mol. The Morgan fingerprint density at radius 3 is 1.21 bits per heavy atom. The van der Waals surface area contributed by atoms with Crippen LogP contribution >= 0.6 is 0 Å². The van der Waals surface area contributed by atoms with Crippen molar-refractivity contribution in [2.45, 2.75) is 135 Å². The molecule has 38 heavy (non-hydrogen) atoms. The second kappa shape index (κ2) is 23.3. The van der Waals surface area contributed by atoms with Gasteiger partial charge in [-0.05, 0) is 76.7 Å². The maximum absolute atomic E-state index is 2.35. The summed E-state index contributed by atoms with van der Waals surface area (Å²) in [5, 5.41) is 2.94. The minimum atomic E-state index is 0.781. The molecule has 1 fully saturated rings. The quantitative estimate of drug-likeness (QED) is 0.350. The van der Waals surface area contributed by atoms with Gasteiger partial charge < -0.3 is 0 Å². The summed E-state index contributed by atoms with van der Waals surface area (Å²) in [7, 11) is 0. The van der Waals surface area contributed by atoms with E-state index in [4.69, 9.17) is 0 Å². The summed E-state index contributed by atoms with van der Waals surface area (Å²) in [4.78, 5) is 0. The van der Waals surface area contributed by atoms with E-state index in [9.17, 15) is 0 Å². The Hall–Kier alpha value is -1.56. The zero-order chi connectivity index (χ0) is 29.7. The van der Waals surface area contributed by atoms with Crippen LogP contribution in [0.3, 0.4) is 0 Å². The molecule has 0 bridgehead atoms. The van der Waals surface area contributed by atoms with E-state index in [-0.39, 0.29) is 0 Å². The first-order valence-corrected chi connectivity index (χ1v) is 16.5. The fourth-order valence-electron chi connectivity index (χ4n) is 4.84. The summed E-state index contributed by atoms with van der Waals surface area (Å²) in [6, 6.07) is 13.5. The van der Waals surface area contributed by atoms with Gasteiger partial charge >= 0.3 is 0 Å². The molecule has 1 unspecified atom stereocenters. The van der Waals surface area contributed by atoms with Gasteiger partial charge in [0.15, 0.2) is 0 Å². The van der Waals surface area contributed by atoms with Crippen LogP contribution in [0.4, 0.5) is 0 Å². The van der Waals surface area contributed by atoms with Gasteiger partial charge in [0.25, 0.3) is 0 Å². The molecule has 220 valence electrons. The molecule has 2 aromatic rings. The SMILES string of the molecule is CC.CC.CC.CC.CC(C)C1C=CC1.CC(C)C1CCC1.CC(C)C1Cc2cccc3cccc(c23)C1. The van der Waals surface area contributed by atoms with Gasteiger partial charge in [-0.2, -0.15) is 0 Å². The molecule has 0 heteroatoms. The third-order valence-corrected chi connectivity index (χ3v) is 7.72. The van der Waals surface area contributed by atoms with Gasteiger partial charge in [-0.3, -0.25) is 0 Å². The molecule has 1 atom stereocenters. The summed E-state index contributed by atoms with van der Waals surface area (Å²) in [5.41, 5.74) is 3.11. The van der Waals surface area contributed by atoms with Gasteiger partial charge in [0.1, 0.15) is 0 Å². The van der Waals surface area contributed by atoms with Gasteiger partial charge in [0.2, 0.25) is 0 Å². The van der Waals surface area contributed by atoms with E-state index in [1.807, 2.05) is 55.4 Å². The van der Waals surface area contributed by atoms with E-state index >= 15 is 0 Å². The van der Waals surface area contributed by atoms with Crippen molar-refractivity contribution in [2.75, 3.05) is 0 Å².